The van der Waals surface area contributed by atoms with Gasteiger partial charge in [-0.3, -0.25) is 9.59 Å². The molecule has 1 aromatic rings. The molecule has 4 aliphatic carbocycles. The zero-order chi connectivity index (χ0) is 32.4. The quantitative estimate of drug-likeness (QED) is 0.113. The summed E-state index contributed by atoms with van der Waals surface area (Å²) in [7, 11) is 0. The first-order valence-electron chi connectivity index (χ1n) is 17.9. The van der Waals surface area contributed by atoms with E-state index in [1.807, 2.05) is 0 Å². The Morgan fingerprint density at radius 1 is 1.07 bits per heavy atom. The average Bonchev–Trinajstić information content (AvgIpc) is 3.63. The van der Waals surface area contributed by atoms with Gasteiger partial charge in [-0.25, -0.2) is 4.98 Å². The molecular formula is C37H59N3O5. The number of allylic oxidation sites excluding steroid dienone is 1. The third-order valence-electron chi connectivity index (χ3n) is 12.8. The van der Waals surface area contributed by atoms with E-state index < -0.39 is 18.2 Å². The van der Waals surface area contributed by atoms with Crippen LogP contribution in [0.4, 0.5) is 0 Å². The van der Waals surface area contributed by atoms with Crippen molar-refractivity contribution in [3.8, 4) is 0 Å². The summed E-state index contributed by atoms with van der Waals surface area (Å²) in [5.41, 5.74) is 2.85. The Hall–Kier alpha value is -2.19. The molecule has 1 heterocycles. The number of hydrogen-bond donors (Lipinski definition) is 4. The van der Waals surface area contributed by atoms with E-state index in [2.05, 4.69) is 56.0 Å². The van der Waals surface area contributed by atoms with Crippen molar-refractivity contribution in [1.82, 2.24) is 15.3 Å². The van der Waals surface area contributed by atoms with Gasteiger partial charge in [0.25, 0.3) is 0 Å². The fraction of sp³-hybridized carbons (Fsp3) is 0.811. The Morgan fingerprint density at radius 2 is 1.87 bits per heavy atom. The number of carbonyl (C=O) groups is 2. The molecule has 4 N–H and O–H groups in total. The molecule has 9 atom stereocenters. The molecule has 8 nitrogen and oxygen atoms in total. The van der Waals surface area contributed by atoms with Crippen LogP contribution in [0.25, 0.3) is 0 Å². The molecule has 4 aliphatic rings. The number of aliphatic hydroxyl groups excluding tert-OH is 1. The minimum Gasteiger partial charge on any atom is -0.462 e. The number of nitrogens with one attached hydrogen (secondary N) is 2. The number of imidazole rings is 1. The number of aliphatic hydroxyl groups is 2. The lowest BCUT2D eigenvalue weighted by Crippen LogP contribution is -2.51. The van der Waals surface area contributed by atoms with Crippen molar-refractivity contribution in [2.24, 2.45) is 46.3 Å². The second kappa shape index (κ2) is 14.3. The molecule has 1 amide bonds. The molecule has 3 fully saturated rings. The van der Waals surface area contributed by atoms with Crippen LogP contribution >= 0.6 is 0 Å². The maximum atomic E-state index is 12.8. The van der Waals surface area contributed by atoms with Gasteiger partial charge in [0.2, 0.25) is 5.91 Å². The van der Waals surface area contributed by atoms with Crippen molar-refractivity contribution in [1.29, 1.82) is 0 Å². The monoisotopic (exact) mass is 625 g/mol. The van der Waals surface area contributed by atoms with Crippen LogP contribution in [0, 0.1) is 46.3 Å². The number of carbonyl (C=O) groups excluding carboxylic acids is 2. The van der Waals surface area contributed by atoms with E-state index in [0.29, 0.717) is 11.1 Å². The second-order valence-electron chi connectivity index (χ2n) is 16.0. The molecule has 1 aromatic heterocycles. The lowest BCUT2D eigenvalue weighted by atomic mass is 9.47. The van der Waals surface area contributed by atoms with Crippen molar-refractivity contribution in [3.63, 3.8) is 0 Å². The summed E-state index contributed by atoms with van der Waals surface area (Å²) < 4.78 is 5.91. The van der Waals surface area contributed by atoms with E-state index >= 15 is 0 Å². The van der Waals surface area contributed by atoms with E-state index in [9.17, 15) is 19.8 Å². The Labute approximate surface area is 270 Å². The van der Waals surface area contributed by atoms with Gasteiger partial charge in [-0.2, -0.15) is 0 Å². The lowest BCUT2D eigenvalue weighted by Gasteiger charge is -2.58. The lowest BCUT2D eigenvalue weighted by molar-refractivity contribution is -0.152. The van der Waals surface area contributed by atoms with E-state index in [0.717, 1.165) is 54.8 Å². The number of aromatic nitrogens is 2. The van der Waals surface area contributed by atoms with Gasteiger partial charge in [0.05, 0.1) is 18.8 Å². The van der Waals surface area contributed by atoms with Gasteiger partial charge in [-0.05, 0) is 91.3 Å². The van der Waals surface area contributed by atoms with Crippen LogP contribution in [0.5, 0.6) is 0 Å². The molecule has 5 rings (SSSR count). The smallest absolute Gasteiger partial charge is 0.306 e. The minimum atomic E-state index is -1.72. The first-order chi connectivity index (χ1) is 21.4. The number of H-pyrrole nitrogens is 1. The van der Waals surface area contributed by atoms with Gasteiger partial charge >= 0.3 is 5.97 Å². The van der Waals surface area contributed by atoms with E-state index in [1.54, 1.807) is 6.20 Å². The van der Waals surface area contributed by atoms with Crippen molar-refractivity contribution in [2.75, 3.05) is 0 Å². The predicted octanol–water partition coefficient (Wildman–Crippen LogP) is 6.48. The van der Waals surface area contributed by atoms with Crippen LogP contribution < -0.4 is 5.32 Å². The normalized spacial score (nSPS) is 34.0. The zero-order valence-electron chi connectivity index (χ0n) is 28.4. The largest absolute Gasteiger partial charge is 0.462 e. The van der Waals surface area contributed by atoms with Gasteiger partial charge in [0, 0.05) is 31.2 Å². The SMILES string of the molecule is CC(C)CCCC(C)C1CCC2C3CC=C4CC(OC(=O)CCC(=O)NC(Cc5cnc[nH]5)C(O)O)CCC4(C)C3CCC12C. The third kappa shape index (κ3) is 7.53. The molecule has 0 spiro atoms. The van der Waals surface area contributed by atoms with Crippen LogP contribution in [-0.4, -0.2) is 50.5 Å². The molecule has 3 saturated carbocycles. The molecule has 0 aromatic carbocycles. The highest BCUT2D eigenvalue weighted by molar-refractivity contribution is 5.81. The van der Waals surface area contributed by atoms with Gasteiger partial charge in [0.15, 0.2) is 6.29 Å². The summed E-state index contributed by atoms with van der Waals surface area (Å²) >= 11 is 0. The summed E-state index contributed by atoms with van der Waals surface area (Å²) in [6.07, 6.45) is 17.3. The van der Waals surface area contributed by atoms with E-state index in [1.165, 1.54) is 63.3 Å². The maximum absolute atomic E-state index is 12.8. The number of hydrogen-bond acceptors (Lipinski definition) is 6. The molecule has 0 bridgehead atoms. The summed E-state index contributed by atoms with van der Waals surface area (Å²) in [5, 5.41) is 22.0. The Bertz CT molecular complexity index is 1180. The molecule has 8 heteroatoms. The number of nitrogens with zero attached hydrogens (tertiary/aromatic N) is 1. The molecule has 0 radical (unpaired) electrons. The van der Waals surface area contributed by atoms with Crippen LogP contribution in [0.1, 0.15) is 124 Å². The number of aromatic amines is 1. The molecule has 252 valence electrons. The second-order valence-corrected chi connectivity index (χ2v) is 16.0. The number of amides is 1. The van der Waals surface area contributed by atoms with Crippen molar-refractivity contribution in [2.45, 2.75) is 143 Å². The Morgan fingerprint density at radius 3 is 2.58 bits per heavy atom. The van der Waals surface area contributed by atoms with Gasteiger partial charge in [0.1, 0.15) is 6.10 Å². The topological polar surface area (TPSA) is 125 Å². The highest BCUT2D eigenvalue weighted by atomic mass is 16.5. The van der Waals surface area contributed by atoms with Crippen molar-refractivity contribution < 1.29 is 24.5 Å². The maximum Gasteiger partial charge on any atom is 0.306 e. The van der Waals surface area contributed by atoms with E-state index in [4.69, 9.17) is 4.74 Å². The predicted molar refractivity (Wildman–Crippen MR) is 175 cm³/mol. The van der Waals surface area contributed by atoms with Crippen molar-refractivity contribution in [3.05, 3.63) is 29.9 Å². The zero-order valence-corrected chi connectivity index (χ0v) is 28.4. The van der Waals surface area contributed by atoms with Crippen LogP contribution in [0.15, 0.2) is 24.2 Å². The number of esters is 1. The summed E-state index contributed by atoms with van der Waals surface area (Å²) in [6, 6.07) is -0.891. The van der Waals surface area contributed by atoms with Crippen LogP contribution in [-0.2, 0) is 20.7 Å². The molecule has 0 aliphatic heterocycles. The summed E-state index contributed by atoms with van der Waals surface area (Å²) in [6.45, 7) is 12.4. The van der Waals surface area contributed by atoms with E-state index in [-0.39, 0.29) is 36.8 Å². The third-order valence-corrected chi connectivity index (χ3v) is 12.8. The minimum absolute atomic E-state index is 0.0288. The highest BCUT2D eigenvalue weighted by Crippen LogP contribution is 2.67. The number of fused-ring (bicyclic) bond motifs is 5. The number of rotatable bonds is 13. The van der Waals surface area contributed by atoms with Crippen LogP contribution in [0.3, 0.4) is 0 Å². The molecular weight excluding hydrogens is 566 g/mol. The number of ether oxygens (including phenoxy) is 1. The molecule has 9 unspecified atom stereocenters. The molecule has 0 saturated heterocycles. The highest BCUT2D eigenvalue weighted by Gasteiger charge is 2.59. The van der Waals surface area contributed by atoms with Crippen LogP contribution in [0.2, 0.25) is 0 Å². The van der Waals surface area contributed by atoms with Crippen molar-refractivity contribution >= 4 is 11.9 Å². The van der Waals surface area contributed by atoms with Gasteiger partial charge < -0.3 is 25.3 Å². The fourth-order valence-electron chi connectivity index (χ4n) is 10.4. The average molecular weight is 626 g/mol. The summed E-state index contributed by atoms with van der Waals surface area (Å²) in [4.78, 5) is 32.1. The Kier molecular flexibility index (Phi) is 10.8. The van der Waals surface area contributed by atoms with Gasteiger partial charge in [-0.1, -0.05) is 65.5 Å². The fourth-order valence-corrected chi connectivity index (χ4v) is 10.4. The molecule has 45 heavy (non-hydrogen) atoms. The first-order valence-corrected chi connectivity index (χ1v) is 17.9. The summed E-state index contributed by atoms with van der Waals surface area (Å²) in [5.74, 6) is 4.04. The Balaban J connectivity index is 1.12. The first kappa shape index (κ1) is 34.2. The van der Waals surface area contributed by atoms with Gasteiger partial charge in [-0.15, -0.1) is 0 Å². The standard InChI is InChI=1S/C37H59N3O5/c1-23(2)7-6-8-24(3)29-11-12-30-28-10-9-25-19-27(15-17-36(25,4)31(28)16-18-37(29,30)5)45-34(42)14-13-33(41)40-32(35(43)44)20-26-21-38-22-39-26/h9,21-24,27-32,35,43-44H,6-8,10-20H2,1-5H3,(H,38,39)(H,40,41).